The van der Waals surface area contributed by atoms with Crippen LogP contribution in [0.2, 0.25) is 0 Å². The molecule has 0 atom stereocenters. The van der Waals surface area contributed by atoms with Gasteiger partial charge >= 0.3 is 0 Å². The van der Waals surface area contributed by atoms with Crippen LogP contribution in [0.25, 0.3) is 16.7 Å². The molecule has 0 unspecified atom stereocenters. The zero-order chi connectivity index (χ0) is 21.2. The van der Waals surface area contributed by atoms with E-state index in [0.29, 0.717) is 34.3 Å². The normalized spacial score (nSPS) is 10.9. The van der Waals surface area contributed by atoms with E-state index in [2.05, 4.69) is 20.5 Å². The number of nitrogens with one attached hydrogen (secondary N) is 1. The quantitative estimate of drug-likeness (QED) is 0.463. The largest absolute Gasteiger partial charge is 0.497 e. The molecule has 0 aliphatic rings. The highest BCUT2D eigenvalue weighted by Crippen LogP contribution is 2.28. The van der Waals surface area contributed by atoms with E-state index in [9.17, 15) is 4.79 Å². The van der Waals surface area contributed by atoms with Crippen molar-refractivity contribution in [3.63, 3.8) is 0 Å². The van der Waals surface area contributed by atoms with Crippen LogP contribution in [-0.4, -0.2) is 32.6 Å². The molecule has 3 aromatic carbocycles. The number of hydrogen-bond acceptors (Lipinski definition) is 6. The number of carbonyl (C=O) groups excluding carboxylic acids is 1. The third-order valence-electron chi connectivity index (χ3n) is 4.76. The first-order valence-corrected chi connectivity index (χ1v) is 9.53. The van der Waals surface area contributed by atoms with E-state index in [4.69, 9.17) is 9.47 Å². The molecule has 8 nitrogen and oxygen atoms in total. The Morgan fingerprint density at radius 2 is 1.81 bits per heavy atom. The van der Waals surface area contributed by atoms with Crippen molar-refractivity contribution in [1.29, 1.82) is 0 Å². The molecule has 0 radical (unpaired) electrons. The van der Waals surface area contributed by atoms with Gasteiger partial charge in [0.2, 0.25) is 5.65 Å². The van der Waals surface area contributed by atoms with Crippen molar-refractivity contribution in [2.75, 3.05) is 12.4 Å². The van der Waals surface area contributed by atoms with Crippen LogP contribution in [0.1, 0.15) is 10.4 Å². The topological polar surface area (TPSA) is 90.6 Å². The maximum Gasteiger partial charge on any atom is 0.266 e. The highest BCUT2D eigenvalue weighted by molar-refractivity contribution is 6.04. The number of amides is 1. The predicted molar refractivity (Wildman–Crippen MR) is 116 cm³/mol. The monoisotopic (exact) mass is 411 g/mol. The van der Waals surface area contributed by atoms with Crippen LogP contribution < -0.4 is 14.8 Å². The zero-order valence-corrected chi connectivity index (χ0v) is 16.5. The number of carbonyl (C=O) groups is 1. The summed E-state index contributed by atoms with van der Waals surface area (Å²) in [5, 5.41) is 11.0. The minimum atomic E-state index is -0.233. The number of hydrogen-bond donors (Lipinski definition) is 1. The van der Waals surface area contributed by atoms with Crippen LogP contribution in [0.4, 0.5) is 5.69 Å². The van der Waals surface area contributed by atoms with Crippen LogP contribution in [0, 0.1) is 0 Å². The summed E-state index contributed by atoms with van der Waals surface area (Å²) in [5.74, 6) is 1.30. The number of fused-ring (bicyclic) bond motifs is 3. The molecule has 0 spiro atoms. The lowest BCUT2D eigenvalue weighted by atomic mass is 10.2. The van der Waals surface area contributed by atoms with Crippen molar-refractivity contribution in [2.45, 2.75) is 0 Å². The second kappa shape index (κ2) is 7.75. The molecule has 1 amide bonds. The summed E-state index contributed by atoms with van der Waals surface area (Å²) in [6.07, 6.45) is 1.62. The van der Waals surface area contributed by atoms with Gasteiger partial charge in [-0.3, -0.25) is 9.20 Å². The Labute approximate surface area is 177 Å². The van der Waals surface area contributed by atoms with E-state index in [1.165, 1.54) is 0 Å². The summed E-state index contributed by atoms with van der Waals surface area (Å²) in [6, 6.07) is 21.7. The first-order chi connectivity index (χ1) is 15.2. The molecule has 0 fully saturated rings. The summed E-state index contributed by atoms with van der Waals surface area (Å²) >= 11 is 0. The lowest BCUT2D eigenvalue weighted by molar-refractivity contribution is 0.102. The molecule has 0 bridgehead atoms. The van der Waals surface area contributed by atoms with Crippen molar-refractivity contribution in [3.05, 3.63) is 84.7 Å². The SMILES string of the molecule is COc1ccc(C(=O)Nc2cccc(Oc3nc4ccccc4n4cnnc34)c2)cc1. The van der Waals surface area contributed by atoms with Gasteiger partial charge in [0, 0.05) is 17.3 Å². The lowest BCUT2D eigenvalue weighted by Gasteiger charge is -2.10. The molecule has 2 heterocycles. The van der Waals surface area contributed by atoms with Crippen molar-refractivity contribution in [1.82, 2.24) is 19.6 Å². The summed E-state index contributed by atoms with van der Waals surface area (Å²) in [4.78, 5) is 17.1. The molecule has 8 heteroatoms. The zero-order valence-electron chi connectivity index (χ0n) is 16.5. The molecule has 31 heavy (non-hydrogen) atoms. The molecule has 2 aromatic heterocycles. The minimum absolute atomic E-state index is 0.233. The molecule has 0 saturated heterocycles. The van der Waals surface area contributed by atoms with Gasteiger partial charge in [0.25, 0.3) is 11.8 Å². The Morgan fingerprint density at radius 1 is 0.968 bits per heavy atom. The van der Waals surface area contributed by atoms with E-state index in [-0.39, 0.29) is 5.91 Å². The smallest absolute Gasteiger partial charge is 0.266 e. The van der Waals surface area contributed by atoms with Crippen LogP contribution in [-0.2, 0) is 0 Å². The summed E-state index contributed by atoms with van der Waals surface area (Å²) < 4.78 is 13.0. The van der Waals surface area contributed by atoms with Crippen molar-refractivity contribution < 1.29 is 14.3 Å². The minimum Gasteiger partial charge on any atom is -0.497 e. The van der Waals surface area contributed by atoms with Gasteiger partial charge in [-0.2, -0.15) is 0 Å². The Bertz CT molecular complexity index is 1400. The third-order valence-corrected chi connectivity index (χ3v) is 4.76. The molecule has 0 saturated carbocycles. The molecular weight excluding hydrogens is 394 g/mol. The Kier molecular flexibility index (Phi) is 4.64. The maximum atomic E-state index is 12.5. The summed E-state index contributed by atoms with van der Waals surface area (Å²) in [5.41, 5.74) is 3.26. The fourth-order valence-corrected chi connectivity index (χ4v) is 3.24. The van der Waals surface area contributed by atoms with Crippen LogP contribution in [0.5, 0.6) is 17.4 Å². The second-order valence-electron chi connectivity index (χ2n) is 6.74. The highest BCUT2D eigenvalue weighted by Gasteiger charge is 2.13. The molecular formula is C23H17N5O3. The average molecular weight is 411 g/mol. The average Bonchev–Trinajstić information content (AvgIpc) is 3.30. The predicted octanol–water partition coefficient (Wildman–Crippen LogP) is 4.33. The van der Waals surface area contributed by atoms with E-state index in [1.54, 1.807) is 62.0 Å². The van der Waals surface area contributed by atoms with Crippen molar-refractivity contribution >= 4 is 28.3 Å². The molecule has 0 aliphatic carbocycles. The van der Waals surface area contributed by atoms with Gasteiger partial charge in [0.15, 0.2) is 0 Å². The van der Waals surface area contributed by atoms with Crippen LogP contribution in [0.15, 0.2) is 79.1 Å². The van der Waals surface area contributed by atoms with Crippen LogP contribution in [0.3, 0.4) is 0 Å². The molecule has 152 valence electrons. The van der Waals surface area contributed by atoms with Gasteiger partial charge in [0.05, 0.1) is 18.1 Å². The highest BCUT2D eigenvalue weighted by atomic mass is 16.5. The van der Waals surface area contributed by atoms with Gasteiger partial charge < -0.3 is 14.8 Å². The number of benzene rings is 3. The Balaban J connectivity index is 1.41. The summed E-state index contributed by atoms with van der Waals surface area (Å²) in [7, 11) is 1.58. The third kappa shape index (κ3) is 3.62. The molecule has 5 rings (SSSR count). The Hall–Kier alpha value is -4.46. The maximum absolute atomic E-state index is 12.5. The number of aromatic nitrogens is 4. The van der Waals surface area contributed by atoms with E-state index in [0.717, 1.165) is 11.0 Å². The van der Waals surface area contributed by atoms with E-state index in [1.807, 2.05) is 28.7 Å². The number of nitrogens with zero attached hydrogens (tertiary/aromatic N) is 4. The van der Waals surface area contributed by atoms with Crippen molar-refractivity contribution in [2.24, 2.45) is 0 Å². The molecule has 5 aromatic rings. The van der Waals surface area contributed by atoms with Crippen molar-refractivity contribution in [3.8, 4) is 17.4 Å². The second-order valence-corrected chi connectivity index (χ2v) is 6.74. The standard InChI is InChI=1S/C23H17N5O3/c1-30-17-11-9-15(10-12-17)22(29)25-16-5-4-6-18(13-16)31-23-21-27-24-14-28(21)20-8-3-2-7-19(20)26-23/h2-14H,1H3,(H,25,29). The number of ether oxygens (including phenoxy) is 2. The van der Waals surface area contributed by atoms with Gasteiger partial charge in [-0.25, -0.2) is 4.98 Å². The van der Waals surface area contributed by atoms with Gasteiger partial charge in [-0.15, -0.1) is 10.2 Å². The first-order valence-electron chi connectivity index (χ1n) is 9.53. The van der Waals surface area contributed by atoms with Gasteiger partial charge in [-0.1, -0.05) is 18.2 Å². The van der Waals surface area contributed by atoms with E-state index >= 15 is 0 Å². The molecule has 0 aliphatic heterocycles. The Morgan fingerprint density at radius 3 is 2.65 bits per heavy atom. The number of rotatable bonds is 5. The lowest BCUT2D eigenvalue weighted by Crippen LogP contribution is -2.11. The fourth-order valence-electron chi connectivity index (χ4n) is 3.24. The number of methoxy groups -OCH3 is 1. The van der Waals surface area contributed by atoms with Crippen LogP contribution >= 0.6 is 0 Å². The number of anilines is 1. The number of para-hydroxylation sites is 2. The first kappa shape index (κ1) is 18.6. The van der Waals surface area contributed by atoms with Gasteiger partial charge in [0.1, 0.15) is 17.8 Å². The fraction of sp³-hybridized carbons (Fsp3) is 0.0435. The van der Waals surface area contributed by atoms with E-state index < -0.39 is 0 Å². The molecule has 1 N–H and O–H groups in total. The van der Waals surface area contributed by atoms with Gasteiger partial charge in [-0.05, 0) is 48.5 Å². The summed E-state index contributed by atoms with van der Waals surface area (Å²) in [6.45, 7) is 0.